The van der Waals surface area contributed by atoms with E-state index in [1.54, 1.807) is 0 Å². The van der Waals surface area contributed by atoms with E-state index in [-0.39, 0.29) is 0 Å². The molecule has 0 spiro atoms. The first-order valence-corrected chi connectivity index (χ1v) is 10.3. The molecule has 5 rings (SSSR count). The van der Waals surface area contributed by atoms with Gasteiger partial charge < -0.3 is 0 Å². The minimum absolute atomic E-state index is 0.836. The Balaban J connectivity index is 1.60. The summed E-state index contributed by atoms with van der Waals surface area (Å²) >= 11 is 0. The van der Waals surface area contributed by atoms with Gasteiger partial charge in [0.05, 0.1) is 5.52 Å². The Labute approximate surface area is 166 Å². The highest BCUT2D eigenvalue weighted by atomic mass is 15.2. The molecule has 1 aliphatic carbocycles. The second-order valence-electron chi connectivity index (χ2n) is 7.77. The number of para-hydroxylation sites is 1. The first-order valence-electron chi connectivity index (χ1n) is 10.3. The van der Waals surface area contributed by atoms with E-state index in [9.17, 15) is 0 Å². The maximum absolute atomic E-state index is 5.11. The van der Waals surface area contributed by atoms with Crippen LogP contribution in [-0.2, 0) is 25.7 Å². The van der Waals surface area contributed by atoms with Gasteiger partial charge in [0, 0.05) is 22.5 Å². The smallest absolute Gasteiger partial charge is 0.234 e. The highest BCUT2D eigenvalue weighted by Crippen LogP contribution is 2.27. The second kappa shape index (κ2) is 7.23. The molecule has 2 aromatic heterocycles. The summed E-state index contributed by atoms with van der Waals surface area (Å²) in [6.07, 6.45) is 6.66. The van der Waals surface area contributed by atoms with Crippen LogP contribution in [0.1, 0.15) is 41.1 Å². The number of nitrogens with zero attached hydrogens (tertiary/aromatic N) is 3. The third-order valence-corrected chi connectivity index (χ3v) is 5.85. The van der Waals surface area contributed by atoms with Gasteiger partial charge in [0.15, 0.2) is 0 Å². The molecule has 3 nitrogen and oxygen atoms in total. The lowest BCUT2D eigenvalue weighted by Gasteiger charge is -2.20. The van der Waals surface area contributed by atoms with Crippen molar-refractivity contribution < 1.29 is 0 Å². The molecule has 28 heavy (non-hydrogen) atoms. The third kappa shape index (κ3) is 3.11. The summed E-state index contributed by atoms with van der Waals surface area (Å²) in [5.41, 5.74) is 7.64. The second-order valence-corrected chi connectivity index (χ2v) is 7.77. The summed E-state index contributed by atoms with van der Waals surface area (Å²) in [6, 6.07) is 21.4. The van der Waals surface area contributed by atoms with Gasteiger partial charge in [0.1, 0.15) is 0 Å². The molecule has 0 saturated carbocycles. The van der Waals surface area contributed by atoms with Gasteiger partial charge >= 0.3 is 0 Å². The van der Waals surface area contributed by atoms with Gasteiger partial charge in [0.25, 0.3) is 0 Å². The van der Waals surface area contributed by atoms with Crippen LogP contribution in [0.5, 0.6) is 0 Å². The maximum Gasteiger partial charge on any atom is 0.234 e. The van der Waals surface area contributed by atoms with E-state index in [0.29, 0.717) is 0 Å². The maximum atomic E-state index is 5.11. The van der Waals surface area contributed by atoms with E-state index in [4.69, 9.17) is 9.97 Å². The molecule has 140 valence electrons. The fourth-order valence-electron chi connectivity index (χ4n) is 4.43. The average molecular weight is 367 g/mol. The number of hydrogen-bond acceptors (Lipinski definition) is 2. The van der Waals surface area contributed by atoms with Crippen LogP contribution in [0.15, 0.2) is 60.7 Å². The normalized spacial score (nSPS) is 13.6. The Kier molecular flexibility index (Phi) is 4.44. The zero-order chi connectivity index (χ0) is 18.9. The number of rotatable bonds is 4. The molecule has 1 aliphatic rings. The molecule has 0 aliphatic heterocycles. The van der Waals surface area contributed by atoms with Crippen molar-refractivity contribution in [3.8, 4) is 5.95 Å². The van der Waals surface area contributed by atoms with Crippen LogP contribution in [0.25, 0.3) is 16.9 Å². The van der Waals surface area contributed by atoms with E-state index in [1.807, 2.05) is 0 Å². The molecule has 0 radical (unpaired) electrons. The first-order chi connectivity index (χ1) is 13.8. The van der Waals surface area contributed by atoms with Crippen molar-refractivity contribution in [2.75, 3.05) is 0 Å². The van der Waals surface area contributed by atoms with Crippen molar-refractivity contribution >= 4 is 10.9 Å². The zero-order valence-corrected chi connectivity index (χ0v) is 16.4. The molecule has 0 saturated heterocycles. The van der Waals surface area contributed by atoms with Crippen LogP contribution in [-0.4, -0.2) is 14.5 Å². The van der Waals surface area contributed by atoms with Crippen molar-refractivity contribution in [1.82, 2.24) is 14.5 Å². The van der Waals surface area contributed by atoms with Crippen LogP contribution in [0.4, 0.5) is 0 Å². The van der Waals surface area contributed by atoms with E-state index in [1.165, 1.54) is 52.0 Å². The van der Waals surface area contributed by atoms with Crippen LogP contribution in [0.2, 0.25) is 0 Å². The lowest BCUT2D eigenvalue weighted by atomic mass is 9.92. The fourth-order valence-corrected chi connectivity index (χ4v) is 4.43. The molecular weight excluding hydrogens is 342 g/mol. The molecule has 3 heteroatoms. The van der Waals surface area contributed by atoms with Gasteiger partial charge in [-0.3, -0.25) is 4.57 Å². The average Bonchev–Trinajstić information content (AvgIpc) is 3.08. The summed E-state index contributed by atoms with van der Waals surface area (Å²) in [4.78, 5) is 10.1. The van der Waals surface area contributed by atoms with E-state index < -0.39 is 0 Å². The van der Waals surface area contributed by atoms with Gasteiger partial charge in [-0.15, -0.1) is 0 Å². The standard InChI is InChI=1S/C25H25N3/c1-18-17-20-11-5-8-14-24(20)28(18)25-26-22-13-7-6-12-21(22)23(27-25)16-15-19-9-3-2-4-10-19/h2-5,8-11,14,17H,6-7,12-13,15-16H2,1H3. The molecule has 0 unspecified atom stereocenters. The predicted molar refractivity (Wildman–Crippen MR) is 114 cm³/mol. The molecule has 0 fully saturated rings. The Morgan fingerprint density at radius 3 is 2.54 bits per heavy atom. The Bertz CT molecular complexity index is 1130. The highest BCUT2D eigenvalue weighted by molar-refractivity contribution is 5.82. The fraction of sp³-hybridized carbons (Fsp3) is 0.280. The minimum Gasteiger partial charge on any atom is -0.283 e. The van der Waals surface area contributed by atoms with Crippen molar-refractivity contribution in [3.63, 3.8) is 0 Å². The van der Waals surface area contributed by atoms with E-state index >= 15 is 0 Å². The molecule has 0 bridgehead atoms. The van der Waals surface area contributed by atoms with Crippen LogP contribution >= 0.6 is 0 Å². The van der Waals surface area contributed by atoms with E-state index in [2.05, 4.69) is 72.2 Å². The van der Waals surface area contributed by atoms with Crippen molar-refractivity contribution in [2.24, 2.45) is 0 Å². The molecule has 0 atom stereocenters. The summed E-state index contributed by atoms with van der Waals surface area (Å²) < 4.78 is 2.22. The minimum atomic E-state index is 0.836. The summed E-state index contributed by atoms with van der Waals surface area (Å²) in [5.74, 6) is 0.836. The lowest BCUT2D eigenvalue weighted by molar-refractivity contribution is 0.643. The van der Waals surface area contributed by atoms with Crippen molar-refractivity contribution in [2.45, 2.75) is 45.4 Å². The molecule has 2 aromatic carbocycles. The zero-order valence-electron chi connectivity index (χ0n) is 16.4. The molecule has 0 N–H and O–H groups in total. The topological polar surface area (TPSA) is 30.7 Å². The number of benzene rings is 2. The van der Waals surface area contributed by atoms with Gasteiger partial charge in [0.2, 0.25) is 5.95 Å². The monoisotopic (exact) mass is 367 g/mol. The number of hydrogen-bond donors (Lipinski definition) is 0. The Hall–Kier alpha value is -2.94. The quantitative estimate of drug-likeness (QED) is 0.484. The lowest BCUT2D eigenvalue weighted by Crippen LogP contribution is -2.16. The Morgan fingerprint density at radius 1 is 0.857 bits per heavy atom. The third-order valence-electron chi connectivity index (χ3n) is 5.85. The summed E-state index contributed by atoms with van der Waals surface area (Å²) in [7, 11) is 0. The van der Waals surface area contributed by atoms with Crippen LogP contribution in [0, 0.1) is 6.92 Å². The van der Waals surface area contributed by atoms with Crippen LogP contribution < -0.4 is 0 Å². The molecule has 2 heterocycles. The van der Waals surface area contributed by atoms with Gasteiger partial charge in [-0.2, -0.15) is 0 Å². The SMILES string of the molecule is Cc1cc2ccccc2n1-c1nc2c(c(CCc3ccccc3)n1)CCCC2. The first kappa shape index (κ1) is 17.2. The molecule has 0 amide bonds. The van der Waals surface area contributed by atoms with Gasteiger partial charge in [-0.05, 0) is 68.7 Å². The summed E-state index contributed by atoms with van der Waals surface area (Å²) in [6.45, 7) is 2.15. The van der Waals surface area contributed by atoms with Gasteiger partial charge in [-0.25, -0.2) is 9.97 Å². The summed E-state index contributed by atoms with van der Waals surface area (Å²) in [5, 5.41) is 1.24. The largest absolute Gasteiger partial charge is 0.283 e. The Morgan fingerprint density at radius 2 is 1.64 bits per heavy atom. The number of aryl methyl sites for hydroxylation is 4. The number of aromatic nitrogens is 3. The van der Waals surface area contributed by atoms with Crippen molar-refractivity contribution in [1.29, 1.82) is 0 Å². The van der Waals surface area contributed by atoms with E-state index in [0.717, 1.165) is 31.6 Å². The molecule has 4 aromatic rings. The molecular formula is C25H25N3. The predicted octanol–water partition coefficient (Wildman–Crippen LogP) is 5.39. The number of fused-ring (bicyclic) bond motifs is 2. The van der Waals surface area contributed by atoms with Crippen LogP contribution in [0.3, 0.4) is 0 Å². The highest BCUT2D eigenvalue weighted by Gasteiger charge is 2.19. The van der Waals surface area contributed by atoms with Crippen molar-refractivity contribution in [3.05, 3.63) is 88.9 Å². The van der Waals surface area contributed by atoms with Gasteiger partial charge in [-0.1, -0.05) is 48.5 Å².